The van der Waals surface area contributed by atoms with Gasteiger partial charge in [-0.1, -0.05) is 24.3 Å². The van der Waals surface area contributed by atoms with E-state index in [4.69, 9.17) is 14.2 Å². The Bertz CT molecular complexity index is 971. The Hall–Kier alpha value is -2.75. The van der Waals surface area contributed by atoms with Crippen LogP contribution in [0.3, 0.4) is 0 Å². The van der Waals surface area contributed by atoms with Crippen LogP contribution in [-0.2, 0) is 5.60 Å². The monoisotopic (exact) mass is 398 g/mol. The van der Waals surface area contributed by atoms with Crippen LogP contribution in [0.1, 0.15) is 16.7 Å². The summed E-state index contributed by atoms with van der Waals surface area (Å²) in [4.78, 5) is 0. The molecule has 0 amide bonds. The molecule has 0 aliphatic carbocycles. The number of phenols is 1. The third-order valence-corrected chi connectivity index (χ3v) is 5.09. The fourth-order valence-corrected chi connectivity index (χ4v) is 3.45. The van der Waals surface area contributed by atoms with E-state index in [1.165, 1.54) is 19.2 Å². The van der Waals surface area contributed by atoms with Crippen LogP contribution in [0.25, 0.3) is 0 Å². The van der Waals surface area contributed by atoms with Crippen molar-refractivity contribution in [2.75, 3.05) is 21.3 Å². The summed E-state index contributed by atoms with van der Waals surface area (Å²) in [6.07, 6.45) is 0. The van der Waals surface area contributed by atoms with Crippen LogP contribution in [0.2, 0.25) is 0 Å². The van der Waals surface area contributed by atoms with Gasteiger partial charge in [0.05, 0.1) is 21.3 Å². The lowest BCUT2D eigenvalue weighted by Gasteiger charge is -2.32. The Morgan fingerprint density at radius 2 is 1.32 bits per heavy atom. The van der Waals surface area contributed by atoms with Gasteiger partial charge >= 0.3 is 0 Å². The van der Waals surface area contributed by atoms with E-state index in [2.05, 4.69) is 9.24 Å². The zero-order chi connectivity index (χ0) is 20.3. The highest BCUT2D eigenvalue weighted by atomic mass is 31.0. The fourth-order valence-electron chi connectivity index (χ4n) is 3.26. The first kappa shape index (κ1) is 20.0. The Labute approximate surface area is 166 Å². The van der Waals surface area contributed by atoms with E-state index >= 15 is 0 Å². The van der Waals surface area contributed by atoms with Crippen molar-refractivity contribution in [2.45, 2.75) is 5.60 Å². The van der Waals surface area contributed by atoms with E-state index in [1.807, 2.05) is 24.3 Å². The second-order valence-corrected chi connectivity index (χ2v) is 6.95. The molecule has 0 radical (unpaired) electrons. The molecule has 2 N–H and O–H groups in total. The normalized spacial score (nSPS) is 12.9. The average molecular weight is 398 g/mol. The van der Waals surface area contributed by atoms with Crippen molar-refractivity contribution in [3.63, 3.8) is 0 Å². The van der Waals surface area contributed by atoms with Crippen molar-refractivity contribution in [3.8, 4) is 23.0 Å². The van der Waals surface area contributed by atoms with Crippen molar-refractivity contribution >= 4 is 14.5 Å². The molecule has 0 aromatic heterocycles. The predicted octanol–water partition coefficient (Wildman–Crippen LogP) is 3.20. The number of aromatic hydroxyl groups is 1. The molecule has 0 saturated heterocycles. The van der Waals surface area contributed by atoms with Crippen LogP contribution in [0.4, 0.5) is 0 Å². The average Bonchev–Trinajstić information content (AvgIpc) is 2.73. The molecule has 5 nitrogen and oxygen atoms in total. The maximum atomic E-state index is 12.1. The third kappa shape index (κ3) is 3.51. The van der Waals surface area contributed by atoms with Gasteiger partial charge in [-0.25, -0.2) is 0 Å². The molecule has 2 atom stereocenters. The molecular weight excluding hydrogens is 375 g/mol. The second kappa shape index (κ2) is 8.09. The quantitative estimate of drug-likeness (QED) is 0.493. The summed E-state index contributed by atoms with van der Waals surface area (Å²) in [5, 5.41) is 23.0. The summed E-state index contributed by atoms with van der Waals surface area (Å²) >= 11 is 0. The number of hydrogen-bond acceptors (Lipinski definition) is 5. The second-order valence-electron chi connectivity index (χ2n) is 6.28. The van der Waals surface area contributed by atoms with Gasteiger partial charge in [-0.2, -0.15) is 0 Å². The molecule has 0 heterocycles. The van der Waals surface area contributed by atoms with Gasteiger partial charge in [0, 0.05) is 23.3 Å². The maximum absolute atomic E-state index is 12.1. The fraction of sp³-hybridized carbons (Fsp3) is 0.182. The number of ether oxygens (including phenoxy) is 3. The summed E-state index contributed by atoms with van der Waals surface area (Å²) in [6.45, 7) is 0. The van der Waals surface area contributed by atoms with E-state index in [-0.39, 0.29) is 5.75 Å². The van der Waals surface area contributed by atoms with Crippen molar-refractivity contribution in [1.82, 2.24) is 0 Å². The Kier molecular flexibility index (Phi) is 5.78. The molecule has 0 spiro atoms. The standard InChI is InChI=1S/C22H23O5P/c1-25-16-7-11-19(21(13-16)27-3)22(24,14-4-8-17(28)9-5-14)18-10-6-15(23)12-20(18)26-2/h4-13,23-24H,28H2,1-3H3. The molecule has 0 aliphatic rings. The summed E-state index contributed by atoms with van der Waals surface area (Å²) in [5.41, 5.74) is 0.0462. The molecule has 6 heteroatoms. The minimum absolute atomic E-state index is 0.0463. The molecule has 3 aromatic carbocycles. The highest BCUT2D eigenvalue weighted by molar-refractivity contribution is 7.27. The van der Waals surface area contributed by atoms with E-state index < -0.39 is 5.60 Å². The maximum Gasteiger partial charge on any atom is 0.147 e. The molecule has 3 rings (SSSR count). The van der Waals surface area contributed by atoms with Crippen LogP contribution in [0, 0.1) is 0 Å². The predicted molar refractivity (Wildman–Crippen MR) is 112 cm³/mol. The topological polar surface area (TPSA) is 68.2 Å². The third-order valence-electron chi connectivity index (χ3n) is 4.70. The lowest BCUT2D eigenvalue weighted by Crippen LogP contribution is -2.30. The summed E-state index contributed by atoms with van der Waals surface area (Å²) in [7, 11) is 7.23. The zero-order valence-electron chi connectivity index (χ0n) is 16.0. The van der Waals surface area contributed by atoms with E-state index in [9.17, 15) is 10.2 Å². The minimum Gasteiger partial charge on any atom is -0.508 e. The van der Waals surface area contributed by atoms with Crippen molar-refractivity contribution in [3.05, 3.63) is 77.4 Å². The first-order valence-electron chi connectivity index (χ1n) is 8.62. The van der Waals surface area contributed by atoms with E-state index in [0.29, 0.717) is 33.9 Å². The van der Waals surface area contributed by atoms with Gasteiger partial charge < -0.3 is 24.4 Å². The van der Waals surface area contributed by atoms with Gasteiger partial charge in [-0.15, -0.1) is 9.24 Å². The molecule has 0 aliphatic heterocycles. The van der Waals surface area contributed by atoms with Gasteiger partial charge in [-0.05, 0) is 35.1 Å². The summed E-state index contributed by atoms with van der Waals surface area (Å²) in [5.74, 6) is 1.48. The van der Waals surface area contributed by atoms with E-state index in [1.54, 1.807) is 38.5 Å². The van der Waals surface area contributed by atoms with Crippen LogP contribution in [-0.4, -0.2) is 31.5 Å². The lowest BCUT2D eigenvalue weighted by molar-refractivity contribution is 0.118. The Morgan fingerprint density at radius 1 is 0.750 bits per heavy atom. The molecule has 0 fully saturated rings. The Morgan fingerprint density at radius 3 is 1.89 bits per heavy atom. The molecule has 146 valence electrons. The number of hydrogen-bond donors (Lipinski definition) is 2. The Balaban J connectivity index is 2.35. The van der Waals surface area contributed by atoms with Gasteiger partial charge in [0.1, 0.15) is 28.6 Å². The van der Waals surface area contributed by atoms with Crippen LogP contribution < -0.4 is 19.5 Å². The van der Waals surface area contributed by atoms with Gasteiger partial charge in [-0.3, -0.25) is 0 Å². The van der Waals surface area contributed by atoms with Crippen molar-refractivity contribution in [2.24, 2.45) is 0 Å². The highest BCUT2D eigenvalue weighted by Crippen LogP contribution is 2.46. The highest BCUT2D eigenvalue weighted by Gasteiger charge is 2.39. The first-order chi connectivity index (χ1) is 13.4. The molecule has 2 unspecified atom stereocenters. The van der Waals surface area contributed by atoms with Gasteiger partial charge in [0.2, 0.25) is 0 Å². The lowest BCUT2D eigenvalue weighted by atomic mass is 9.79. The number of aliphatic hydroxyl groups is 1. The molecule has 3 aromatic rings. The molecule has 0 saturated carbocycles. The number of benzene rings is 3. The molecular formula is C22H23O5P. The smallest absolute Gasteiger partial charge is 0.147 e. The van der Waals surface area contributed by atoms with E-state index in [0.717, 1.165) is 5.30 Å². The van der Waals surface area contributed by atoms with Crippen LogP contribution >= 0.6 is 9.24 Å². The van der Waals surface area contributed by atoms with Crippen LogP contribution in [0.15, 0.2) is 60.7 Å². The van der Waals surface area contributed by atoms with Crippen molar-refractivity contribution in [1.29, 1.82) is 0 Å². The summed E-state index contributed by atoms with van der Waals surface area (Å²) in [6, 6.07) is 17.4. The molecule has 0 bridgehead atoms. The van der Waals surface area contributed by atoms with Gasteiger partial charge in [0.25, 0.3) is 0 Å². The molecule has 28 heavy (non-hydrogen) atoms. The van der Waals surface area contributed by atoms with Crippen molar-refractivity contribution < 1.29 is 24.4 Å². The number of phenolic OH excluding ortho intramolecular Hbond substituents is 1. The SMILES string of the molecule is COc1ccc(C(O)(c2ccc(P)cc2)c2ccc(O)cc2OC)c(OC)c1. The minimum atomic E-state index is -1.59. The number of rotatable bonds is 6. The number of methoxy groups -OCH3 is 3. The van der Waals surface area contributed by atoms with Gasteiger partial charge in [0.15, 0.2) is 0 Å². The summed E-state index contributed by atoms with van der Waals surface area (Å²) < 4.78 is 16.3. The zero-order valence-corrected chi connectivity index (χ0v) is 17.1. The first-order valence-corrected chi connectivity index (χ1v) is 9.20. The largest absolute Gasteiger partial charge is 0.508 e. The van der Waals surface area contributed by atoms with Crippen LogP contribution in [0.5, 0.6) is 23.0 Å².